The molecule has 19 heavy (non-hydrogen) atoms. The van der Waals surface area contributed by atoms with Crippen molar-refractivity contribution in [2.45, 2.75) is 19.9 Å². The first kappa shape index (κ1) is 14.1. The van der Waals surface area contributed by atoms with Crippen molar-refractivity contribution in [3.05, 3.63) is 63.6 Å². The highest BCUT2D eigenvalue weighted by Crippen LogP contribution is 2.26. The number of aliphatic hydroxyl groups excluding tert-OH is 1. The summed E-state index contributed by atoms with van der Waals surface area (Å²) in [5.74, 6) is 0. The second kappa shape index (κ2) is 6.22. The van der Waals surface area contributed by atoms with Crippen LogP contribution in [0.2, 0.25) is 0 Å². The quantitative estimate of drug-likeness (QED) is 0.884. The standard InChI is InChI=1S/C16H18BrNO/c1-11-4-3-5-12(2)16(11)15(10-19)18-14-8-6-13(17)7-9-14/h3-9,15,18-19H,10H2,1-2H3. The van der Waals surface area contributed by atoms with Gasteiger partial charge in [0.05, 0.1) is 12.6 Å². The van der Waals surface area contributed by atoms with E-state index in [1.807, 2.05) is 30.3 Å². The summed E-state index contributed by atoms with van der Waals surface area (Å²) in [6.45, 7) is 4.23. The minimum atomic E-state index is -0.0811. The van der Waals surface area contributed by atoms with E-state index in [9.17, 15) is 5.11 Å². The molecule has 0 bridgehead atoms. The maximum absolute atomic E-state index is 9.67. The molecule has 1 atom stereocenters. The summed E-state index contributed by atoms with van der Waals surface area (Å²) in [5, 5.41) is 13.1. The largest absolute Gasteiger partial charge is 0.394 e. The first-order chi connectivity index (χ1) is 9.11. The topological polar surface area (TPSA) is 32.3 Å². The third-order valence-corrected chi connectivity index (χ3v) is 3.79. The van der Waals surface area contributed by atoms with Gasteiger partial charge in [0.1, 0.15) is 0 Å². The van der Waals surface area contributed by atoms with E-state index in [1.54, 1.807) is 0 Å². The summed E-state index contributed by atoms with van der Waals surface area (Å²) in [5.41, 5.74) is 4.57. The maximum Gasteiger partial charge on any atom is 0.0750 e. The van der Waals surface area contributed by atoms with Gasteiger partial charge >= 0.3 is 0 Å². The molecule has 0 saturated carbocycles. The average Bonchev–Trinajstić information content (AvgIpc) is 2.39. The van der Waals surface area contributed by atoms with Gasteiger partial charge in [0, 0.05) is 10.2 Å². The molecule has 2 aromatic rings. The number of anilines is 1. The molecule has 0 aliphatic carbocycles. The summed E-state index contributed by atoms with van der Waals surface area (Å²) in [6.07, 6.45) is 0. The zero-order valence-electron chi connectivity index (χ0n) is 11.2. The second-order valence-corrected chi connectivity index (χ2v) is 5.61. The van der Waals surface area contributed by atoms with E-state index in [0.29, 0.717) is 0 Å². The van der Waals surface area contributed by atoms with Crippen molar-refractivity contribution in [3.63, 3.8) is 0 Å². The highest BCUT2D eigenvalue weighted by Gasteiger charge is 2.14. The number of rotatable bonds is 4. The Balaban J connectivity index is 2.27. The molecule has 0 saturated heterocycles. The molecule has 3 heteroatoms. The lowest BCUT2D eigenvalue weighted by molar-refractivity contribution is 0.275. The van der Waals surface area contributed by atoms with E-state index in [-0.39, 0.29) is 12.6 Å². The van der Waals surface area contributed by atoms with Gasteiger partial charge in [-0.1, -0.05) is 34.1 Å². The Morgan fingerprint density at radius 1 is 1.05 bits per heavy atom. The lowest BCUT2D eigenvalue weighted by atomic mass is 9.96. The van der Waals surface area contributed by atoms with Crippen LogP contribution < -0.4 is 5.32 Å². The minimum Gasteiger partial charge on any atom is -0.394 e. The van der Waals surface area contributed by atoms with Gasteiger partial charge in [-0.3, -0.25) is 0 Å². The number of aliphatic hydroxyl groups is 1. The lowest BCUT2D eigenvalue weighted by Gasteiger charge is -2.22. The maximum atomic E-state index is 9.67. The molecule has 2 N–H and O–H groups in total. The number of aryl methyl sites for hydroxylation is 2. The van der Waals surface area contributed by atoms with Crippen molar-refractivity contribution in [3.8, 4) is 0 Å². The Bertz CT molecular complexity index is 531. The van der Waals surface area contributed by atoms with Gasteiger partial charge in [-0.05, 0) is 54.8 Å². The van der Waals surface area contributed by atoms with Crippen molar-refractivity contribution >= 4 is 21.6 Å². The highest BCUT2D eigenvalue weighted by molar-refractivity contribution is 9.10. The summed E-state index contributed by atoms with van der Waals surface area (Å²) in [6, 6.07) is 14.1. The molecule has 0 aliphatic rings. The molecule has 0 spiro atoms. The molecular formula is C16H18BrNO. The Morgan fingerprint density at radius 2 is 1.63 bits per heavy atom. The number of hydrogen-bond donors (Lipinski definition) is 2. The molecule has 0 aromatic heterocycles. The number of benzene rings is 2. The summed E-state index contributed by atoms with van der Waals surface area (Å²) in [7, 11) is 0. The monoisotopic (exact) mass is 319 g/mol. The molecular weight excluding hydrogens is 302 g/mol. The number of hydrogen-bond acceptors (Lipinski definition) is 2. The van der Waals surface area contributed by atoms with Crippen molar-refractivity contribution in [2.24, 2.45) is 0 Å². The van der Waals surface area contributed by atoms with Crippen LogP contribution in [-0.2, 0) is 0 Å². The van der Waals surface area contributed by atoms with Crippen molar-refractivity contribution in [1.82, 2.24) is 0 Å². The molecule has 0 aliphatic heterocycles. The third-order valence-electron chi connectivity index (χ3n) is 3.26. The predicted molar refractivity (Wildman–Crippen MR) is 83.5 cm³/mol. The van der Waals surface area contributed by atoms with E-state index < -0.39 is 0 Å². The number of nitrogens with one attached hydrogen (secondary N) is 1. The third kappa shape index (κ3) is 3.37. The van der Waals surface area contributed by atoms with E-state index in [1.165, 1.54) is 16.7 Å². The van der Waals surface area contributed by atoms with Crippen molar-refractivity contribution in [1.29, 1.82) is 0 Å². The van der Waals surface area contributed by atoms with E-state index in [2.05, 4.69) is 47.2 Å². The van der Waals surface area contributed by atoms with Gasteiger partial charge < -0.3 is 10.4 Å². The summed E-state index contributed by atoms with van der Waals surface area (Å²) >= 11 is 3.42. The highest BCUT2D eigenvalue weighted by atomic mass is 79.9. The zero-order valence-corrected chi connectivity index (χ0v) is 12.7. The molecule has 0 heterocycles. The van der Waals surface area contributed by atoms with Crippen LogP contribution in [-0.4, -0.2) is 11.7 Å². The first-order valence-corrected chi connectivity index (χ1v) is 7.10. The van der Waals surface area contributed by atoms with Gasteiger partial charge in [0.25, 0.3) is 0 Å². The van der Waals surface area contributed by atoms with Crippen LogP contribution in [0.15, 0.2) is 46.9 Å². The fourth-order valence-electron chi connectivity index (χ4n) is 2.33. The van der Waals surface area contributed by atoms with Crippen LogP contribution in [0.3, 0.4) is 0 Å². The SMILES string of the molecule is Cc1cccc(C)c1C(CO)Nc1ccc(Br)cc1. The Morgan fingerprint density at radius 3 is 2.16 bits per heavy atom. The molecule has 1 unspecified atom stereocenters. The predicted octanol–water partition coefficient (Wildman–Crippen LogP) is 4.21. The molecule has 2 nitrogen and oxygen atoms in total. The van der Waals surface area contributed by atoms with Crippen LogP contribution in [0.25, 0.3) is 0 Å². The van der Waals surface area contributed by atoms with E-state index in [0.717, 1.165) is 10.2 Å². The second-order valence-electron chi connectivity index (χ2n) is 4.69. The summed E-state index contributed by atoms with van der Waals surface area (Å²) in [4.78, 5) is 0. The fraction of sp³-hybridized carbons (Fsp3) is 0.250. The molecule has 0 fully saturated rings. The molecule has 0 radical (unpaired) electrons. The Hall–Kier alpha value is -1.32. The van der Waals surface area contributed by atoms with Crippen LogP contribution in [0.1, 0.15) is 22.7 Å². The minimum absolute atomic E-state index is 0.0712. The van der Waals surface area contributed by atoms with Crippen molar-refractivity contribution < 1.29 is 5.11 Å². The van der Waals surface area contributed by atoms with Crippen LogP contribution in [0, 0.1) is 13.8 Å². The van der Waals surface area contributed by atoms with Crippen molar-refractivity contribution in [2.75, 3.05) is 11.9 Å². The molecule has 2 aromatic carbocycles. The Labute approximate surface area is 122 Å². The average molecular weight is 320 g/mol. The Kier molecular flexibility index (Phi) is 4.61. The number of halogens is 1. The van der Waals surface area contributed by atoms with E-state index >= 15 is 0 Å². The zero-order chi connectivity index (χ0) is 13.8. The van der Waals surface area contributed by atoms with Gasteiger partial charge in [-0.2, -0.15) is 0 Å². The smallest absolute Gasteiger partial charge is 0.0750 e. The van der Waals surface area contributed by atoms with Crippen LogP contribution in [0.4, 0.5) is 5.69 Å². The summed E-state index contributed by atoms with van der Waals surface area (Å²) < 4.78 is 1.05. The first-order valence-electron chi connectivity index (χ1n) is 6.31. The van der Waals surface area contributed by atoms with Gasteiger partial charge in [0.2, 0.25) is 0 Å². The van der Waals surface area contributed by atoms with Crippen LogP contribution in [0.5, 0.6) is 0 Å². The lowest BCUT2D eigenvalue weighted by Crippen LogP contribution is -2.17. The van der Waals surface area contributed by atoms with Gasteiger partial charge in [-0.15, -0.1) is 0 Å². The van der Waals surface area contributed by atoms with Crippen LogP contribution >= 0.6 is 15.9 Å². The molecule has 100 valence electrons. The molecule has 2 rings (SSSR count). The van der Waals surface area contributed by atoms with Gasteiger partial charge in [0.15, 0.2) is 0 Å². The van der Waals surface area contributed by atoms with E-state index in [4.69, 9.17) is 0 Å². The normalized spacial score (nSPS) is 12.2. The van der Waals surface area contributed by atoms with Gasteiger partial charge in [-0.25, -0.2) is 0 Å². The molecule has 0 amide bonds. The fourth-order valence-corrected chi connectivity index (χ4v) is 2.60.